The molecule has 86 valence electrons. The molecule has 0 saturated heterocycles. The van der Waals surface area contributed by atoms with Crippen LogP contribution in [-0.4, -0.2) is 56.6 Å². The molecular weight excluding hydrogens is 188 g/mol. The first-order valence-corrected chi connectivity index (χ1v) is 4.82. The predicted octanol–water partition coefficient (Wildman–Crippen LogP) is -1.39. The Morgan fingerprint density at radius 3 is 1.79 bits per heavy atom. The third-order valence-corrected chi connectivity index (χ3v) is 2.19. The zero-order valence-corrected chi connectivity index (χ0v) is 8.37. The summed E-state index contributed by atoms with van der Waals surface area (Å²) in [6.07, 6.45) is -2.52. The average molecular weight is 208 g/mol. The molecule has 0 rings (SSSR count). The van der Waals surface area contributed by atoms with Crippen molar-refractivity contribution in [2.24, 2.45) is 0 Å². The maximum Gasteiger partial charge on any atom is 0.103 e. The molecule has 4 unspecified atom stereocenters. The van der Waals surface area contributed by atoms with E-state index in [0.717, 1.165) is 0 Å². The van der Waals surface area contributed by atoms with Crippen LogP contribution < -0.4 is 0 Å². The highest BCUT2D eigenvalue weighted by Crippen LogP contribution is 2.09. The second-order valence-corrected chi connectivity index (χ2v) is 3.56. The van der Waals surface area contributed by atoms with Crippen LogP contribution in [0.3, 0.4) is 0 Å². The van der Waals surface area contributed by atoms with Crippen LogP contribution in [0.5, 0.6) is 0 Å². The summed E-state index contributed by atoms with van der Waals surface area (Å²) in [4.78, 5) is 0. The third-order valence-electron chi connectivity index (χ3n) is 2.19. The Balaban J connectivity index is 3.53. The molecule has 5 heteroatoms. The minimum absolute atomic E-state index is 0.297. The van der Waals surface area contributed by atoms with Crippen LogP contribution in [0.4, 0.5) is 0 Å². The quantitative estimate of drug-likeness (QED) is 0.355. The van der Waals surface area contributed by atoms with Gasteiger partial charge < -0.3 is 25.5 Å². The fraction of sp³-hybridized carbons (Fsp3) is 1.00. The topological polar surface area (TPSA) is 101 Å². The molecule has 0 fully saturated rings. The zero-order valence-electron chi connectivity index (χ0n) is 8.37. The molecule has 0 aliphatic carbocycles. The van der Waals surface area contributed by atoms with Gasteiger partial charge in [-0.3, -0.25) is 0 Å². The van der Waals surface area contributed by atoms with Crippen LogP contribution in [0.2, 0.25) is 0 Å². The lowest BCUT2D eigenvalue weighted by Gasteiger charge is -2.17. The molecule has 0 aliphatic heterocycles. The maximum atomic E-state index is 9.22. The average Bonchev–Trinajstić information content (AvgIpc) is 2.15. The van der Waals surface area contributed by atoms with Crippen LogP contribution in [0, 0.1) is 0 Å². The van der Waals surface area contributed by atoms with Gasteiger partial charge in [0.2, 0.25) is 0 Å². The van der Waals surface area contributed by atoms with Crippen LogP contribution in [0.1, 0.15) is 26.2 Å². The van der Waals surface area contributed by atoms with Crippen molar-refractivity contribution < 1.29 is 25.5 Å². The van der Waals surface area contributed by atoms with E-state index in [1.54, 1.807) is 0 Å². The minimum Gasteiger partial charge on any atom is -0.394 e. The van der Waals surface area contributed by atoms with Gasteiger partial charge in [0.25, 0.3) is 0 Å². The van der Waals surface area contributed by atoms with Crippen molar-refractivity contribution in [3.8, 4) is 0 Å². The van der Waals surface area contributed by atoms with E-state index in [-0.39, 0.29) is 0 Å². The smallest absolute Gasteiger partial charge is 0.103 e. The van der Waals surface area contributed by atoms with Gasteiger partial charge >= 0.3 is 0 Å². The Morgan fingerprint density at radius 2 is 1.36 bits per heavy atom. The highest BCUT2D eigenvalue weighted by atomic mass is 16.4. The Labute approximate surface area is 83.6 Å². The van der Waals surface area contributed by atoms with Crippen molar-refractivity contribution in [2.45, 2.75) is 50.6 Å². The standard InChI is InChI=1S/C9H20O5/c1-6(11)7(12)3-2-4-8(13)9(14)5-10/h6-14H,2-5H2,1H3. The monoisotopic (exact) mass is 208 g/mol. The van der Waals surface area contributed by atoms with Crippen molar-refractivity contribution in [1.29, 1.82) is 0 Å². The molecule has 0 amide bonds. The molecule has 4 atom stereocenters. The van der Waals surface area contributed by atoms with Gasteiger partial charge in [-0.1, -0.05) is 0 Å². The van der Waals surface area contributed by atoms with Gasteiger partial charge in [0.05, 0.1) is 24.9 Å². The molecule has 0 aromatic carbocycles. The Kier molecular flexibility index (Phi) is 7.04. The summed E-state index contributed by atoms with van der Waals surface area (Å²) in [5.74, 6) is 0. The number of hydrogen-bond donors (Lipinski definition) is 5. The van der Waals surface area contributed by atoms with E-state index in [1.165, 1.54) is 6.92 Å². The van der Waals surface area contributed by atoms with Crippen molar-refractivity contribution >= 4 is 0 Å². The molecule has 5 N–H and O–H groups in total. The summed E-state index contributed by atoms with van der Waals surface area (Å²) >= 11 is 0. The second-order valence-electron chi connectivity index (χ2n) is 3.56. The minimum atomic E-state index is -1.13. The summed E-state index contributed by atoms with van der Waals surface area (Å²) in [6.45, 7) is 1.02. The summed E-state index contributed by atoms with van der Waals surface area (Å²) in [5.41, 5.74) is 0. The molecule has 0 bridgehead atoms. The van der Waals surface area contributed by atoms with E-state index in [0.29, 0.717) is 19.3 Å². The number of aliphatic hydroxyl groups excluding tert-OH is 5. The Bertz CT molecular complexity index is 139. The van der Waals surface area contributed by atoms with E-state index in [9.17, 15) is 10.2 Å². The third kappa shape index (κ3) is 5.51. The first kappa shape index (κ1) is 13.8. The largest absolute Gasteiger partial charge is 0.394 e. The van der Waals surface area contributed by atoms with Crippen LogP contribution in [-0.2, 0) is 0 Å². The van der Waals surface area contributed by atoms with Gasteiger partial charge in [-0.05, 0) is 26.2 Å². The van der Waals surface area contributed by atoms with Crippen LogP contribution >= 0.6 is 0 Å². The van der Waals surface area contributed by atoms with E-state index < -0.39 is 31.0 Å². The summed E-state index contributed by atoms with van der Waals surface area (Å²) in [5, 5.41) is 44.8. The molecule has 14 heavy (non-hydrogen) atoms. The van der Waals surface area contributed by atoms with E-state index >= 15 is 0 Å². The Morgan fingerprint density at radius 1 is 0.857 bits per heavy atom. The van der Waals surface area contributed by atoms with Gasteiger partial charge in [0.1, 0.15) is 6.10 Å². The number of aliphatic hydroxyl groups is 5. The molecule has 0 aliphatic rings. The lowest BCUT2D eigenvalue weighted by molar-refractivity contribution is -0.0229. The van der Waals surface area contributed by atoms with Gasteiger partial charge in [0.15, 0.2) is 0 Å². The van der Waals surface area contributed by atoms with E-state index in [4.69, 9.17) is 15.3 Å². The molecule has 5 nitrogen and oxygen atoms in total. The van der Waals surface area contributed by atoms with Gasteiger partial charge in [-0.15, -0.1) is 0 Å². The molecule has 0 saturated carbocycles. The molecule has 0 spiro atoms. The fourth-order valence-corrected chi connectivity index (χ4v) is 1.09. The lowest BCUT2D eigenvalue weighted by atomic mass is 10.0. The molecule has 0 radical (unpaired) electrons. The lowest BCUT2D eigenvalue weighted by Crippen LogP contribution is -2.30. The molecule has 0 heterocycles. The van der Waals surface area contributed by atoms with Crippen molar-refractivity contribution in [3.05, 3.63) is 0 Å². The van der Waals surface area contributed by atoms with Crippen molar-refractivity contribution in [3.63, 3.8) is 0 Å². The normalized spacial score (nSPS) is 20.1. The summed E-state index contributed by atoms with van der Waals surface area (Å²) in [7, 11) is 0. The van der Waals surface area contributed by atoms with Crippen molar-refractivity contribution in [1.82, 2.24) is 0 Å². The van der Waals surface area contributed by atoms with Gasteiger partial charge in [0, 0.05) is 0 Å². The highest BCUT2D eigenvalue weighted by Gasteiger charge is 2.16. The number of rotatable bonds is 7. The SMILES string of the molecule is CC(O)C(O)CCCC(O)C(O)CO. The number of hydrogen-bond acceptors (Lipinski definition) is 5. The van der Waals surface area contributed by atoms with E-state index in [2.05, 4.69) is 0 Å². The molecule has 0 aromatic heterocycles. The van der Waals surface area contributed by atoms with Gasteiger partial charge in [-0.2, -0.15) is 0 Å². The van der Waals surface area contributed by atoms with Crippen LogP contribution in [0.25, 0.3) is 0 Å². The van der Waals surface area contributed by atoms with E-state index in [1.807, 2.05) is 0 Å². The highest BCUT2D eigenvalue weighted by molar-refractivity contribution is 4.68. The van der Waals surface area contributed by atoms with Gasteiger partial charge in [-0.25, -0.2) is 0 Å². The molecular formula is C9H20O5. The van der Waals surface area contributed by atoms with Crippen LogP contribution in [0.15, 0.2) is 0 Å². The molecule has 0 aromatic rings. The fourth-order valence-electron chi connectivity index (χ4n) is 1.09. The van der Waals surface area contributed by atoms with Crippen molar-refractivity contribution in [2.75, 3.05) is 6.61 Å². The first-order chi connectivity index (χ1) is 6.49. The summed E-state index contributed by atoms with van der Waals surface area (Å²) in [6, 6.07) is 0. The predicted molar refractivity (Wildman–Crippen MR) is 50.6 cm³/mol. The first-order valence-electron chi connectivity index (χ1n) is 4.82. The Hall–Kier alpha value is -0.200. The summed E-state index contributed by atoms with van der Waals surface area (Å²) < 4.78 is 0. The maximum absolute atomic E-state index is 9.22. The zero-order chi connectivity index (χ0) is 11.1. The second kappa shape index (κ2) is 7.14.